The lowest BCUT2D eigenvalue weighted by molar-refractivity contribution is 0.0697. The van der Waals surface area contributed by atoms with Gasteiger partial charge in [-0.1, -0.05) is 30.2 Å². The van der Waals surface area contributed by atoms with Crippen molar-refractivity contribution in [2.45, 2.75) is 17.9 Å². The van der Waals surface area contributed by atoms with Crippen molar-refractivity contribution in [3.05, 3.63) is 99.9 Å². The Hall–Kier alpha value is -3.89. The monoisotopic (exact) mass is 441 g/mol. The number of pyridine rings is 1. The highest BCUT2D eigenvalue weighted by Gasteiger charge is 2.07. The molecule has 0 radical (unpaired) electrons. The van der Waals surface area contributed by atoms with Gasteiger partial charge in [0.1, 0.15) is 5.69 Å². The Balaban J connectivity index is 1.56. The van der Waals surface area contributed by atoms with Crippen molar-refractivity contribution in [2.75, 3.05) is 6.26 Å². The van der Waals surface area contributed by atoms with Gasteiger partial charge in [0.15, 0.2) is 0 Å². The lowest BCUT2D eigenvalue weighted by Crippen LogP contribution is -2.21. The van der Waals surface area contributed by atoms with E-state index in [1.54, 1.807) is 36.2 Å². The molecule has 0 aliphatic heterocycles. The van der Waals surface area contributed by atoms with Crippen LogP contribution in [0.2, 0.25) is 0 Å². The zero-order valence-electron chi connectivity index (χ0n) is 17.3. The summed E-state index contributed by atoms with van der Waals surface area (Å²) in [5.41, 5.74) is 2.95. The summed E-state index contributed by atoms with van der Waals surface area (Å²) in [6, 6.07) is 16.3. The molecule has 0 amide bonds. The molecule has 2 heterocycles. The van der Waals surface area contributed by atoms with Gasteiger partial charge in [-0.25, -0.2) is 14.8 Å². The molecule has 0 aliphatic carbocycles. The van der Waals surface area contributed by atoms with E-state index >= 15 is 0 Å². The summed E-state index contributed by atoms with van der Waals surface area (Å²) in [6.07, 6.45) is 5.66. The Morgan fingerprint density at radius 1 is 1.06 bits per heavy atom. The van der Waals surface area contributed by atoms with E-state index in [1.807, 2.05) is 6.26 Å². The maximum atomic E-state index is 13.0. The molecule has 0 spiro atoms. The molecule has 4 rings (SSSR count). The van der Waals surface area contributed by atoms with E-state index in [9.17, 15) is 9.59 Å². The topological polar surface area (TPSA) is 85.1 Å². The van der Waals surface area contributed by atoms with Crippen molar-refractivity contribution in [1.29, 1.82) is 0 Å². The second kappa shape index (κ2) is 9.50. The van der Waals surface area contributed by atoms with Crippen LogP contribution < -0.4 is 5.56 Å². The molecule has 2 aromatic carbocycles. The number of fused-ring (bicyclic) bond motifs is 1. The molecule has 4 aromatic rings. The zero-order chi connectivity index (χ0) is 22.5. The first kappa shape index (κ1) is 21.3. The van der Waals surface area contributed by atoms with Crippen LogP contribution in [0.5, 0.6) is 0 Å². The molecule has 32 heavy (non-hydrogen) atoms. The lowest BCUT2D eigenvalue weighted by atomic mass is 10.1. The molecule has 0 atom stereocenters. The number of carboxylic acids is 1. The predicted octanol–water partition coefficient (Wildman–Crippen LogP) is 3.85. The fraction of sp³-hybridized carbons (Fsp3) is 0.120. The highest BCUT2D eigenvalue weighted by molar-refractivity contribution is 7.98. The number of hydrogen-bond acceptors (Lipinski definition) is 5. The number of benzene rings is 2. The van der Waals surface area contributed by atoms with Crippen molar-refractivity contribution in [3.8, 4) is 11.8 Å². The van der Waals surface area contributed by atoms with Gasteiger partial charge in [0.2, 0.25) is 0 Å². The van der Waals surface area contributed by atoms with Crippen molar-refractivity contribution < 1.29 is 9.90 Å². The van der Waals surface area contributed by atoms with Gasteiger partial charge in [-0.05, 0) is 53.6 Å². The first-order chi connectivity index (χ1) is 15.5. The summed E-state index contributed by atoms with van der Waals surface area (Å²) in [5, 5.41) is 9.46. The smallest absolute Gasteiger partial charge is 0.335 e. The first-order valence-corrected chi connectivity index (χ1v) is 11.1. The van der Waals surface area contributed by atoms with Crippen LogP contribution in [0.4, 0.5) is 0 Å². The summed E-state index contributed by atoms with van der Waals surface area (Å²) < 4.78 is 1.49. The number of aromatic nitrogens is 3. The minimum absolute atomic E-state index is 0.199. The third-order valence-corrected chi connectivity index (χ3v) is 5.68. The summed E-state index contributed by atoms with van der Waals surface area (Å²) in [4.78, 5) is 33.8. The molecular weight excluding hydrogens is 422 g/mol. The third kappa shape index (κ3) is 4.88. The van der Waals surface area contributed by atoms with Gasteiger partial charge in [0.25, 0.3) is 5.56 Å². The van der Waals surface area contributed by atoms with Crippen LogP contribution in [0.15, 0.2) is 76.8 Å². The molecule has 0 fully saturated rings. The van der Waals surface area contributed by atoms with Crippen LogP contribution in [0.25, 0.3) is 10.9 Å². The number of thioether (sulfide) groups is 1. The Kier molecular flexibility index (Phi) is 6.34. The number of aromatic carboxylic acids is 1. The third-order valence-electron chi connectivity index (χ3n) is 4.93. The molecule has 0 bridgehead atoms. The van der Waals surface area contributed by atoms with Gasteiger partial charge in [0, 0.05) is 11.3 Å². The Labute approximate surface area is 189 Å². The van der Waals surface area contributed by atoms with E-state index in [0.717, 1.165) is 11.1 Å². The summed E-state index contributed by atoms with van der Waals surface area (Å²) in [7, 11) is 0. The molecular formula is C25H19N3O3S. The second-order valence-corrected chi connectivity index (χ2v) is 7.97. The highest BCUT2D eigenvalue weighted by atomic mass is 32.2. The number of rotatable bonds is 5. The number of carboxylic acid groups (broad SMARTS) is 1. The van der Waals surface area contributed by atoms with Crippen molar-refractivity contribution in [2.24, 2.45) is 0 Å². The maximum Gasteiger partial charge on any atom is 0.335 e. The van der Waals surface area contributed by atoms with E-state index in [4.69, 9.17) is 5.11 Å². The average Bonchev–Trinajstić information content (AvgIpc) is 2.82. The van der Waals surface area contributed by atoms with Crippen LogP contribution in [-0.2, 0) is 13.0 Å². The normalized spacial score (nSPS) is 10.5. The minimum atomic E-state index is -0.987. The highest BCUT2D eigenvalue weighted by Crippen LogP contribution is 2.15. The van der Waals surface area contributed by atoms with Crippen LogP contribution in [0.1, 0.15) is 27.2 Å². The summed E-state index contributed by atoms with van der Waals surface area (Å²) in [5.74, 6) is 5.15. The molecule has 0 saturated heterocycles. The van der Waals surface area contributed by atoms with E-state index in [0.29, 0.717) is 23.0 Å². The SMILES string of the molecule is CSc1ccc(CC#Cc2cc3c(=O)n(Cc4ccc(C(=O)O)cc4)cnc3cn2)cc1. The molecule has 0 unspecified atom stereocenters. The van der Waals surface area contributed by atoms with Gasteiger partial charge in [-0.3, -0.25) is 9.36 Å². The maximum absolute atomic E-state index is 13.0. The second-order valence-electron chi connectivity index (χ2n) is 7.09. The molecule has 6 nitrogen and oxygen atoms in total. The van der Waals surface area contributed by atoms with Crippen molar-refractivity contribution in [1.82, 2.24) is 14.5 Å². The number of nitrogens with zero attached hydrogens (tertiary/aromatic N) is 3. The predicted molar refractivity (Wildman–Crippen MR) is 125 cm³/mol. The van der Waals surface area contributed by atoms with E-state index in [2.05, 4.69) is 46.1 Å². The Bertz CT molecular complexity index is 1400. The Morgan fingerprint density at radius 3 is 2.47 bits per heavy atom. The minimum Gasteiger partial charge on any atom is -0.478 e. The van der Waals surface area contributed by atoms with Gasteiger partial charge in [-0.15, -0.1) is 11.8 Å². The molecule has 2 aromatic heterocycles. The molecule has 1 N–H and O–H groups in total. The van der Waals surface area contributed by atoms with Crippen LogP contribution >= 0.6 is 11.8 Å². The van der Waals surface area contributed by atoms with Crippen LogP contribution in [0, 0.1) is 11.8 Å². The van der Waals surface area contributed by atoms with Crippen LogP contribution in [-0.4, -0.2) is 31.9 Å². The van der Waals surface area contributed by atoms with Gasteiger partial charge in [-0.2, -0.15) is 0 Å². The molecule has 0 saturated carbocycles. The zero-order valence-corrected chi connectivity index (χ0v) is 18.1. The van der Waals surface area contributed by atoms with E-state index < -0.39 is 5.97 Å². The van der Waals surface area contributed by atoms with Gasteiger partial charge in [0.05, 0.1) is 35.5 Å². The Morgan fingerprint density at radius 2 is 1.78 bits per heavy atom. The average molecular weight is 442 g/mol. The largest absolute Gasteiger partial charge is 0.478 e. The van der Waals surface area contributed by atoms with Crippen LogP contribution in [0.3, 0.4) is 0 Å². The molecule has 7 heteroatoms. The van der Waals surface area contributed by atoms with Crippen molar-refractivity contribution in [3.63, 3.8) is 0 Å². The summed E-state index contributed by atoms with van der Waals surface area (Å²) in [6.45, 7) is 0.289. The lowest BCUT2D eigenvalue weighted by Gasteiger charge is -2.07. The molecule has 0 aliphatic rings. The van der Waals surface area contributed by atoms with Crippen molar-refractivity contribution >= 4 is 28.6 Å². The fourth-order valence-electron chi connectivity index (χ4n) is 3.17. The fourth-order valence-corrected chi connectivity index (χ4v) is 3.58. The van der Waals surface area contributed by atoms with Gasteiger partial charge < -0.3 is 5.11 Å². The standard InChI is InChI=1S/C25H19N3O3S/c1-32-21-11-7-17(8-12-21)3-2-4-20-13-22-23(14-26-20)27-16-28(24(22)29)15-18-5-9-19(10-6-18)25(30)31/h5-14,16H,3,15H2,1H3,(H,30,31). The quantitative estimate of drug-likeness (QED) is 0.374. The number of carbonyl (C=O) groups is 1. The summed E-state index contributed by atoms with van der Waals surface area (Å²) >= 11 is 1.70. The molecule has 158 valence electrons. The first-order valence-electron chi connectivity index (χ1n) is 9.83. The number of hydrogen-bond donors (Lipinski definition) is 1. The van der Waals surface area contributed by atoms with Gasteiger partial charge >= 0.3 is 5.97 Å². The van der Waals surface area contributed by atoms with E-state index in [1.165, 1.54) is 27.9 Å². The van der Waals surface area contributed by atoms with E-state index in [-0.39, 0.29) is 17.7 Å².